The number of carbonyl (C=O) groups is 1. The molecule has 0 spiro atoms. The van der Waals surface area contributed by atoms with Gasteiger partial charge in [0.2, 0.25) is 5.91 Å². The molecule has 0 aliphatic carbocycles. The molecule has 1 aliphatic rings. The molecule has 1 N–H and O–H groups in total. The van der Waals surface area contributed by atoms with Crippen molar-refractivity contribution in [1.29, 1.82) is 0 Å². The van der Waals surface area contributed by atoms with Gasteiger partial charge in [0.15, 0.2) is 0 Å². The van der Waals surface area contributed by atoms with Gasteiger partial charge in [-0.2, -0.15) is 0 Å². The fraction of sp³-hybridized carbons (Fsp3) is 0.350. The molecule has 1 saturated heterocycles. The molecule has 0 radical (unpaired) electrons. The molecule has 1 amide bonds. The molecule has 120 valence electrons. The number of nitrogens with zero attached hydrogens (tertiary/aromatic N) is 1. The van der Waals surface area contributed by atoms with Crippen molar-refractivity contribution in [2.75, 3.05) is 18.4 Å². The number of amides is 1. The molecule has 1 heterocycles. The van der Waals surface area contributed by atoms with E-state index in [1.807, 2.05) is 26.0 Å². The van der Waals surface area contributed by atoms with Gasteiger partial charge in [0.05, 0.1) is 5.92 Å². The normalized spacial score (nSPS) is 18.1. The van der Waals surface area contributed by atoms with Crippen molar-refractivity contribution in [2.24, 2.45) is 5.92 Å². The molecule has 2 aromatic carbocycles. The second-order valence-corrected chi connectivity index (χ2v) is 6.51. The van der Waals surface area contributed by atoms with Crippen molar-refractivity contribution in [1.82, 2.24) is 4.90 Å². The van der Waals surface area contributed by atoms with Crippen molar-refractivity contribution < 1.29 is 4.79 Å². The summed E-state index contributed by atoms with van der Waals surface area (Å²) in [4.78, 5) is 14.9. The number of likely N-dealkylation sites (tertiary alicyclic amines) is 1. The fourth-order valence-electron chi connectivity index (χ4n) is 3.14. The van der Waals surface area contributed by atoms with E-state index in [1.54, 1.807) is 0 Å². The van der Waals surface area contributed by atoms with Gasteiger partial charge >= 0.3 is 0 Å². The second-order valence-electron chi connectivity index (χ2n) is 6.51. The van der Waals surface area contributed by atoms with Gasteiger partial charge in [0.1, 0.15) is 0 Å². The molecule has 2 aromatic rings. The van der Waals surface area contributed by atoms with Crippen LogP contribution in [0, 0.1) is 19.8 Å². The van der Waals surface area contributed by atoms with Crippen molar-refractivity contribution in [2.45, 2.75) is 26.8 Å². The molecule has 0 saturated carbocycles. The van der Waals surface area contributed by atoms with Gasteiger partial charge in [0, 0.05) is 18.8 Å². The van der Waals surface area contributed by atoms with Crippen molar-refractivity contribution in [3.63, 3.8) is 0 Å². The Morgan fingerprint density at radius 3 is 2.74 bits per heavy atom. The number of rotatable bonds is 4. The lowest BCUT2D eigenvalue weighted by molar-refractivity contribution is -0.119. The number of benzene rings is 2. The summed E-state index contributed by atoms with van der Waals surface area (Å²) in [6, 6.07) is 16.6. The molecule has 0 bridgehead atoms. The van der Waals surface area contributed by atoms with Crippen molar-refractivity contribution >= 4 is 11.6 Å². The average molecular weight is 308 g/mol. The van der Waals surface area contributed by atoms with Crippen LogP contribution in [0.1, 0.15) is 23.1 Å². The van der Waals surface area contributed by atoms with Crippen LogP contribution in [0.4, 0.5) is 5.69 Å². The zero-order chi connectivity index (χ0) is 16.2. The number of carbonyl (C=O) groups excluding carboxylic acids is 1. The van der Waals surface area contributed by atoms with Gasteiger partial charge in [0.25, 0.3) is 0 Å². The zero-order valence-corrected chi connectivity index (χ0v) is 13.9. The van der Waals surface area contributed by atoms with E-state index in [0.29, 0.717) is 0 Å². The second kappa shape index (κ2) is 6.97. The lowest BCUT2D eigenvalue weighted by Crippen LogP contribution is -2.27. The van der Waals surface area contributed by atoms with E-state index in [1.165, 1.54) is 11.1 Å². The molecule has 3 heteroatoms. The van der Waals surface area contributed by atoms with Crippen LogP contribution >= 0.6 is 0 Å². The minimum Gasteiger partial charge on any atom is -0.326 e. The maximum absolute atomic E-state index is 12.5. The first kappa shape index (κ1) is 15.8. The number of nitrogens with one attached hydrogen (secondary N) is 1. The first-order valence-corrected chi connectivity index (χ1v) is 8.26. The lowest BCUT2D eigenvalue weighted by Gasteiger charge is -2.16. The van der Waals surface area contributed by atoms with E-state index in [2.05, 4.69) is 46.6 Å². The Kier molecular flexibility index (Phi) is 4.77. The van der Waals surface area contributed by atoms with E-state index in [9.17, 15) is 4.79 Å². The number of hydrogen-bond acceptors (Lipinski definition) is 2. The average Bonchev–Trinajstić information content (AvgIpc) is 3.00. The van der Waals surface area contributed by atoms with Crippen LogP contribution in [-0.4, -0.2) is 23.9 Å². The van der Waals surface area contributed by atoms with Gasteiger partial charge in [-0.25, -0.2) is 0 Å². The van der Waals surface area contributed by atoms with Crippen LogP contribution in [-0.2, 0) is 11.3 Å². The van der Waals surface area contributed by atoms with E-state index in [-0.39, 0.29) is 11.8 Å². The summed E-state index contributed by atoms with van der Waals surface area (Å²) in [5, 5.41) is 3.11. The number of aryl methyl sites for hydroxylation is 2. The molecule has 1 fully saturated rings. The zero-order valence-electron chi connectivity index (χ0n) is 13.9. The number of hydrogen-bond donors (Lipinski definition) is 1. The fourth-order valence-corrected chi connectivity index (χ4v) is 3.14. The monoisotopic (exact) mass is 308 g/mol. The van der Waals surface area contributed by atoms with Gasteiger partial charge in [-0.05, 0) is 49.6 Å². The Bertz CT molecular complexity index is 681. The molecule has 3 nitrogen and oxygen atoms in total. The van der Waals surface area contributed by atoms with Crippen LogP contribution in [0.3, 0.4) is 0 Å². The van der Waals surface area contributed by atoms with Crippen LogP contribution in [0.25, 0.3) is 0 Å². The van der Waals surface area contributed by atoms with Crippen molar-refractivity contribution in [3.8, 4) is 0 Å². The Hall–Kier alpha value is -2.13. The minimum absolute atomic E-state index is 0.0821. The van der Waals surface area contributed by atoms with E-state index in [4.69, 9.17) is 0 Å². The summed E-state index contributed by atoms with van der Waals surface area (Å²) in [6.45, 7) is 6.83. The quantitative estimate of drug-likeness (QED) is 0.932. The molecule has 1 atom stereocenters. The highest BCUT2D eigenvalue weighted by Gasteiger charge is 2.28. The van der Waals surface area contributed by atoms with Gasteiger partial charge in [-0.15, -0.1) is 0 Å². The van der Waals surface area contributed by atoms with Crippen LogP contribution in [0.2, 0.25) is 0 Å². The number of anilines is 1. The molecular weight excluding hydrogens is 284 g/mol. The Labute approximate surface area is 138 Å². The Balaban J connectivity index is 1.58. The summed E-state index contributed by atoms with van der Waals surface area (Å²) in [5.41, 5.74) is 4.53. The van der Waals surface area contributed by atoms with Crippen LogP contribution in [0.5, 0.6) is 0 Å². The Morgan fingerprint density at radius 2 is 1.96 bits per heavy atom. The summed E-state index contributed by atoms with van der Waals surface area (Å²) in [5.74, 6) is 0.230. The summed E-state index contributed by atoms with van der Waals surface area (Å²) in [6.07, 6.45) is 0.934. The maximum atomic E-state index is 12.5. The highest BCUT2D eigenvalue weighted by atomic mass is 16.1. The molecule has 1 aliphatic heterocycles. The largest absolute Gasteiger partial charge is 0.326 e. The summed E-state index contributed by atoms with van der Waals surface area (Å²) < 4.78 is 0. The summed E-state index contributed by atoms with van der Waals surface area (Å²) in [7, 11) is 0. The van der Waals surface area contributed by atoms with E-state index < -0.39 is 0 Å². The van der Waals surface area contributed by atoms with Gasteiger partial charge in [-0.1, -0.05) is 42.5 Å². The standard InChI is InChI=1S/C20H24N2O/c1-15-8-9-16(2)19(12-15)21-20(23)18-10-11-22(14-18)13-17-6-4-3-5-7-17/h3-9,12,18H,10-11,13-14H2,1-2H3,(H,21,23). The third-order valence-electron chi connectivity index (χ3n) is 4.54. The molecule has 3 rings (SSSR count). The lowest BCUT2D eigenvalue weighted by atomic mass is 10.1. The third-order valence-corrected chi connectivity index (χ3v) is 4.54. The SMILES string of the molecule is Cc1ccc(C)c(NC(=O)C2CCN(Cc3ccccc3)C2)c1. The topological polar surface area (TPSA) is 32.3 Å². The van der Waals surface area contributed by atoms with Gasteiger partial charge in [-0.3, -0.25) is 9.69 Å². The molecule has 1 unspecified atom stereocenters. The van der Waals surface area contributed by atoms with Crippen LogP contribution in [0.15, 0.2) is 48.5 Å². The molecule has 23 heavy (non-hydrogen) atoms. The van der Waals surface area contributed by atoms with Crippen molar-refractivity contribution in [3.05, 3.63) is 65.2 Å². The van der Waals surface area contributed by atoms with E-state index >= 15 is 0 Å². The third kappa shape index (κ3) is 3.99. The predicted molar refractivity (Wildman–Crippen MR) is 94.4 cm³/mol. The highest BCUT2D eigenvalue weighted by molar-refractivity contribution is 5.93. The first-order chi connectivity index (χ1) is 11.1. The molecule has 0 aromatic heterocycles. The predicted octanol–water partition coefficient (Wildman–Crippen LogP) is 3.76. The molecular formula is C20H24N2O. The van der Waals surface area contributed by atoms with Crippen LogP contribution < -0.4 is 5.32 Å². The van der Waals surface area contributed by atoms with E-state index in [0.717, 1.165) is 37.3 Å². The Morgan fingerprint density at radius 1 is 1.17 bits per heavy atom. The minimum atomic E-state index is 0.0821. The smallest absolute Gasteiger partial charge is 0.228 e. The maximum Gasteiger partial charge on any atom is 0.228 e. The summed E-state index contributed by atoms with van der Waals surface area (Å²) >= 11 is 0. The highest BCUT2D eigenvalue weighted by Crippen LogP contribution is 2.22. The first-order valence-electron chi connectivity index (χ1n) is 8.26. The van der Waals surface area contributed by atoms with Gasteiger partial charge < -0.3 is 5.32 Å².